The van der Waals surface area contributed by atoms with E-state index in [1.165, 1.54) is 21.8 Å². The second-order valence-electron chi connectivity index (χ2n) is 6.49. The molecule has 1 N–H and O–H groups in total. The molecular formula is C20H24FN3. The zero-order valence-corrected chi connectivity index (χ0v) is 14.1. The van der Waals surface area contributed by atoms with E-state index in [0.717, 1.165) is 38.3 Å². The van der Waals surface area contributed by atoms with Crippen LogP contribution in [-0.4, -0.2) is 42.3 Å². The first-order valence-electron chi connectivity index (χ1n) is 8.85. The molecule has 126 valence electrons. The lowest BCUT2D eigenvalue weighted by Crippen LogP contribution is -2.45. The van der Waals surface area contributed by atoms with Crippen LogP contribution in [0.15, 0.2) is 42.5 Å². The molecule has 4 heteroatoms. The Morgan fingerprint density at radius 3 is 2.54 bits per heavy atom. The van der Waals surface area contributed by atoms with E-state index in [9.17, 15) is 4.39 Å². The van der Waals surface area contributed by atoms with E-state index in [4.69, 9.17) is 0 Å². The lowest BCUT2D eigenvalue weighted by Gasteiger charge is -2.33. The summed E-state index contributed by atoms with van der Waals surface area (Å²) in [5.41, 5.74) is 3.58. The minimum atomic E-state index is -0.335. The maximum absolute atomic E-state index is 13.8. The molecule has 1 aliphatic heterocycles. The molecule has 3 nitrogen and oxygen atoms in total. The molecule has 0 saturated carbocycles. The van der Waals surface area contributed by atoms with Crippen molar-refractivity contribution >= 4 is 21.8 Å². The van der Waals surface area contributed by atoms with Gasteiger partial charge in [-0.25, -0.2) is 4.39 Å². The van der Waals surface area contributed by atoms with Gasteiger partial charge in [-0.15, -0.1) is 0 Å². The Morgan fingerprint density at radius 2 is 1.79 bits per heavy atom. The summed E-state index contributed by atoms with van der Waals surface area (Å²) in [4.78, 5) is 2.26. The first-order valence-corrected chi connectivity index (χ1v) is 8.85. The Balaban J connectivity index is 1.83. The maximum atomic E-state index is 13.8. The molecule has 4 rings (SSSR count). The average molecular weight is 325 g/mol. The summed E-state index contributed by atoms with van der Waals surface area (Å²) in [7, 11) is 0. The van der Waals surface area contributed by atoms with Crippen molar-refractivity contribution in [1.82, 2.24) is 14.8 Å². The standard InChI is InChI=1S/C20H24FN3/c1-2-24-18-6-4-3-5-16(18)17-13-15(7-8-19(17)24)20(14-21)23-11-9-22-10-12-23/h3-8,13,20,22H,2,9-12,14H2,1H3/t20-/m1/s1. The maximum Gasteiger partial charge on any atom is 0.109 e. The van der Waals surface area contributed by atoms with Crippen LogP contribution in [-0.2, 0) is 6.54 Å². The molecule has 0 bridgehead atoms. The predicted octanol–water partition coefficient (Wildman–Crippen LogP) is 3.73. The molecular weight excluding hydrogens is 301 g/mol. The summed E-state index contributed by atoms with van der Waals surface area (Å²) in [6.45, 7) is 6.46. The van der Waals surface area contributed by atoms with E-state index in [1.807, 2.05) is 0 Å². The van der Waals surface area contributed by atoms with Gasteiger partial charge < -0.3 is 9.88 Å². The van der Waals surface area contributed by atoms with Crippen molar-refractivity contribution in [3.05, 3.63) is 48.0 Å². The third kappa shape index (κ3) is 2.50. The van der Waals surface area contributed by atoms with Gasteiger partial charge in [-0.05, 0) is 30.7 Å². The number of nitrogens with zero attached hydrogens (tertiary/aromatic N) is 2. The minimum absolute atomic E-state index is 0.139. The molecule has 1 saturated heterocycles. The Kier molecular flexibility index (Phi) is 4.25. The fourth-order valence-corrected chi connectivity index (χ4v) is 4.01. The van der Waals surface area contributed by atoms with Gasteiger partial charge in [-0.3, -0.25) is 4.90 Å². The molecule has 2 aromatic carbocycles. The fourth-order valence-electron chi connectivity index (χ4n) is 4.01. The summed E-state index contributed by atoms with van der Waals surface area (Å²) in [5, 5.41) is 5.84. The number of hydrogen-bond acceptors (Lipinski definition) is 2. The first kappa shape index (κ1) is 15.6. The van der Waals surface area contributed by atoms with Gasteiger partial charge in [-0.2, -0.15) is 0 Å². The summed E-state index contributed by atoms with van der Waals surface area (Å²) >= 11 is 0. The molecule has 0 amide bonds. The molecule has 0 radical (unpaired) electrons. The van der Waals surface area contributed by atoms with Crippen molar-refractivity contribution in [2.24, 2.45) is 0 Å². The van der Waals surface area contributed by atoms with Crippen LogP contribution in [0, 0.1) is 0 Å². The molecule has 1 atom stereocenters. The monoisotopic (exact) mass is 325 g/mol. The average Bonchev–Trinajstić information content (AvgIpc) is 2.96. The van der Waals surface area contributed by atoms with E-state index in [1.54, 1.807) is 0 Å². The van der Waals surface area contributed by atoms with Gasteiger partial charge in [0, 0.05) is 54.5 Å². The Morgan fingerprint density at radius 1 is 1.04 bits per heavy atom. The second-order valence-corrected chi connectivity index (χ2v) is 6.49. The van der Waals surface area contributed by atoms with E-state index >= 15 is 0 Å². The van der Waals surface area contributed by atoms with Gasteiger partial charge in [0.25, 0.3) is 0 Å². The van der Waals surface area contributed by atoms with E-state index in [-0.39, 0.29) is 12.7 Å². The number of benzene rings is 2. The van der Waals surface area contributed by atoms with E-state index in [2.05, 4.69) is 64.2 Å². The molecule has 0 unspecified atom stereocenters. The van der Waals surface area contributed by atoms with Crippen LogP contribution in [0.3, 0.4) is 0 Å². The van der Waals surface area contributed by atoms with Gasteiger partial charge in [-0.1, -0.05) is 24.3 Å². The van der Waals surface area contributed by atoms with Gasteiger partial charge in [0.1, 0.15) is 6.67 Å². The highest BCUT2D eigenvalue weighted by Gasteiger charge is 2.23. The number of hydrogen-bond donors (Lipinski definition) is 1. The van der Waals surface area contributed by atoms with Crippen molar-refractivity contribution in [2.75, 3.05) is 32.9 Å². The molecule has 2 heterocycles. The van der Waals surface area contributed by atoms with Crippen LogP contribution in [0.25, 0.3) is 21.8 Å². The second kappa shape index (κ2) is 6.54. The largest absolute Gasteiger partial charge is 0.341 e. The molecule has 1 fully saturated rings. The quantitative estimate of drug-likeness (QED) is 0.789. The Labute approximate surface area is 142 Å². The number of rotatable bonds is 4. The molecule has 24 heavy (non-hydrogen) atoms. The number of aromatic nitrogens is 1. The van der Waals surface area contributed by atoms with Crippen LogP contribution in [0.1, 0.15) is 18.5 Å². The summed E-state index contributed by atoms with van der Waals surface area (Å²) < 4.78 is 16.2. The number of alkyl halides is 1. The molecule has 0 aliphatic carbocycles. The van der Waals surface area contributed by atoms with Crippen LogP contribution in [0.4, 0.5) is 4.39 Å². The molecule has 3 aromatic rings. The predicted molar refractivity (Wildman–Crippen MR) is 98.3 cm³/mol. The number of halogens is 1. The number of piperazine rings is 1. The topological polar surface area (TPSA) is 20.2 Å². The van der Waals surface area contributed by atoms with Crippen LogP contribution in [0.5, 0.6) is 0 Å². The fraction of sp³-hybridized carbons (Fsp3) is 0.400. The highest BCUT2D eigenvalue weighted by Crippen LogP contribution is 2.32. The summed E-state index contributed by atoms with van der Waals surface area (Å²) in [6, 6.07) is 14.8. The van der Waals surface area contributed by atoms with Crippen LogP contribution in [0.2, 0.25) is 0 Å². The minimum Gasteiger partial charge on any atom is -0.341 e. The molecule has 0 spiro atoms. The third-order valence-corrected chi connectivity index (χ3v) is 5.24. The summed E-state index contributed by atoms with van der Waals surface area (Å²) in [5.74, 6) is 0. The van der Waals surface area contributed by atoms with Gasteiger partial charge in [0.2, 0.25) is 0 Å². The molecule has 1 aliphatic rings. The van der Waals surface area contributed by atoms with Crippen molar-refractivity contribution in [2.45, 2.75) is 19.5 Å². The highest BCUT2D eigenvalue weighted by molar-refractivity contribution is 6.08. The SMILES string of the molecule is CCn1c2ccccc2c2cc([C@@H](CF)N3CCNCC3)ccc21. The van der Waals surface area contributed by atoms with Gasteiger partial charge >= 0.3 is 0 Å². The van der Waals surface area contributed by atoms with Gasteiger partial charge in [0.15, 0.2) is 0 Å². The van der Waals surface area contributed by atoms with Crippen LogP contribution >= 0.6 is 0 Å². The lowest BCUT2D eigenvalue weighted by molar-refractivity contribution is 0.147. The number of aryl methyl sites for hydroxylation is 1. The summed E-state index contributed by atoms with van der Waals surface area (Å²) in [6.07, 6.45) is 0. The number of fused-ring (bicyclic) bond motifs is 3. The van der Waals surface area contributed by atoms with E-state index < -0.39 is 0 Å². The van der Waals surface area contributed by atoms with E-state index in [0.29, 0.717) is 0 Å². The zero-order chi connectivity index (χ0) is 16.5. The number of nitrogens with one attached hydrogen (secondary N) is 1. The van der Waals surface area contributed by atoms with Crippen LogP contribution < -0.4 is 5.32 Å². The van der Waals surface area contributed by atoms with Crippen molar-refractivity contribution in [1.29, 1.82) is 0 Å². The first-order chi connectivity index (χ1) is 11.8. The normalized spacial score (nSPS) is 17.6. The van der Waals surface area contributed by atoms with Gasteiger partial charge in [0.05, 0.1) is 6.04 Å². The van der Waals surface area contributed by atoms with Crippen molar-refractivity contribution < 1.29 is 4.39 Å². The molecule has 1 aromatic heterocycles. The Bertz CT molecular complexity index is 849. The lowest BCUT2D eigenvalue weighted by atomic mass is 10.0. The Hall–Kier alpha value is -1.91. The van der Waals surface area contributed by atoms with Crippen molar-refractivity contribution in [3.8, 4) is 0 Å². The third-order valence-electron chi connectivity index (χ3n) is 5.24. The van der Waals surface area contributed by atoms with Crippen molar-refractivity contribution in [3.63, 3.8) is 0 Å². The zero-order valence-electron chi connectivity index (χ0n) is 14.1. The smallest absolute Gasteiger partial charge is 0.109 e. The number of para-hydroxylation sites is 1. The highest BCUT2D eigenvalue weighted by atomic mass is 19.1.